The van der Waals surface area contributed by atoms with Gasteiger partial charge in [-0.15, -0.1) is 0 Å². The summed E-state index contributed by atoms with van der Waals surface area (Å²) < 4.78 is 13.8. The average molecular weight is 527 g/mol. The summed E-state index contributed by atoms with van der Waals surface area (Å²) in [5.74, 6) is 0.209. The van der Waals surface area contributed by atoms with Crippen LogP contribution in [-0.2, 0) is 9.53 Å². The molecule has 1 atom stereocenters. The Balaban J connectivity index is 1.94. The Bertz CT molecular complexity index is 1420. The molecule has 1 aromatic heterocycles. The molecule has 0 spiro atoms. The van der Waals surface area contributed by atoms with Crippen LogP contribution in [0.1, 0.15) is 37.9 Å². The minimum absolute atomic E-state index is 0.207. The normalized spacial score (nSPS) is 15.9. The van der Waals surface area contributed by atoms with Crippen molar-refractivity contribution in [2.24, 2.45) is 4.99 Å². The van der Waals surface area contributed by atoms with Crippen molar-refractivity contribution in [1.82, 2.24) is 4.57 Å². The fraction of sp³-hybridized carbons (Fsp3) is 0.240. The minimum atomic E-state index is -0.650. The largest absolute Gasteiger partial charge is 0.497 e. The second-order valence-corrected chi connectivity index (χ2v) is 9.79. The van der Waals surface area contributed by atoms with Crippen molar-refractivity contribution in [2.45, 2.75) is 32.9 Å². The van der Waals surface area contributed by atoms with Crippen LogP contribution in [0.25, 0.3) is 6.08 Å². The number of allylic oxidation sites excluding steroid dienone is 1. The molecule has 3 aromatic rings. The summed E-state index contributed by atoms with van der Waals surface area (Å²) in [4.78, 5) is 31.8. The fourth-order valence-electron chi connectivity index (χ4n) is 3.71. The van der Waals surface area contributed by atoms with E-state index < -0.39 is 12.0 Å². The number of carbonyl (C=O) groups excluding carboxylic acids is 1. The third kappa shape index (κ3) is 4.72. The molecule has 33 heavy (non-hydrogen) atoms. The molecule has 6 nitrogen and oxygen atoms in total. The van der Waals surface area contributed by atoms with Gasteiger partial charge in [0.25, 0.3) is 5.56 Å². The first-order chi connectivity index (χ1) is 15.8. The van der Waals surface area contributed by atoms with Crippen molar-refractivity contribution < 1.29 is 14.3 Å². The van der Waals surface area contributed by atoms with Crippen molar-refractivity contribution in [3.8, 4) is 5.75 Å². The third-order valence-corrected chi connectivity index (χ3v) is 6.64. The molecular weight excluding hydrogens is 504 g/mol. The maximum Gasteiger partial charge on any atom is 0.338 e. The van der Waals surface area contributed by atoms with Gasteiger partial charge in [0.15, 0.2) is 4.80 Å². The van der Waals surface area contributed by atoms with Gasteiger partial charge in [-0.05, 0) is 62.2 Å². The van der Waals surface area contributed by atoms with Crippen molar-refractivity contribution in [1.29, 1.82) is 0 Å². The van der Waals surface area contributed by atoms with Crippen LogP contribution in [0.15, 0.2) is 74.1 Å². The zero-order valence-corrected chi connectivity index (χ0v) is 21.1. The predicted octanol–water partition coefficient (Wildman–Crippen LogP) is 3.96. The molecule has 1 aliphatic heterocycles. The molecule has 0 fully saturated rings. The van der Waals surface area contributed by atoms with E-state index >= 15 is 0 Å². The van der Waals surface area contributed by atoms with Crippen LogP contribution in [0.5, 0.6) is 5.75 Å². The standard InChI is InChI=1S/C25H23BrN2O4S/c1-14(2)32-24(30)21-15(3)27-25-28(22(21)17-8-10-19(31-4)11-9-17)23(29)20(33-25)13-16-6-5-7-18(26)12-16/h5-14,22H,1-4H3/b20-13+. The molecule has 0 saturated heterocycles. The van der Waals surface area contributed by atoms with E-state index in [1.54, 1.807) is 32.4 Å². The number of rotatable bonds is 5. The summed E-state index contributed by atoms with van der Waals surface area (Å²) >= 11 is 4.77. The summed E-state index contributed by atoms with van der Waals surface area (Å²) in [5.41, 5.74) is 2.36. The van der Waals surface area contributed by atoms with E-state index in [1.807, 2.05) is 54.6 Å². The second-order valence-electron chi connectivity index (χ2n) is 7.86. The van der Waals surface area contributed by atoms with Gasteiger partial charge >= 0.3 is 5.97 Å². The van der Waals surface area contributed by atoms with Gasteiger partial charge in [-0.2, -0.15) is 0 Å². The fourth-order valence-corrected chi connectivity index (χ4v) is 5.17. The van der Waals surface area contributed by atoms with E-state index in [4.69, 9.17) is 9.47 Å². The van der Waals surface area contributed by atoms with E-state index in [0.29, 0.717) is 26.4 Å². The van der Waals surface area contributed by atoms with E-state index in [-0.39, 0.29) is 11.7 Å². The van der Waals surface area contributed by atoms with Crippen molar-refractivity contribution in [3.05, 3.63) is 95.1 Å². The topological polar surface area (TPSA) is 69.9 Å². The van der Waals surface area contributed by atoms with Gasteiger partial charge in [0.2, 0.25) is 0 Å². The Morgan fingerprint density at radius 1 is 1.21 bits per heavy atom. The molecule has 4 rings (SSSR count). The first kappa shape index (κ1) is 23.2. The quantitative estimate of drug-likeness (QED) is 0.472. The average Bonchev–Trinajstić information content (AvgIpc) is 3.07. The second kappa shape index (κ2) is 9.49. The van der Waals surface area contributed by atoms with Gasteiger partial charge < -0.3 is 9.47 Å². The maximum atomic E-state index is 13.6. The van der Waals surface area contributed by atoms with Crippen LogP contribution < -0.4 is 19.6 Å². The van der Waals surface area contributed by atoms with Crippen LogP contribution in [0, 0.1) is 0 Å². The van der Waals surface area contributed by atoms with Gasteiger partial charge in [0.1, 0.15) is 5.75 Å². The number of carbonyl (C=O) groups is 1. The monoisotopic (exact) mass is 526 g/mol. The lowest BCUT2D eigenvalue weighted by atomic mass is 9.96. The van der Waals surface area contributed by atoms with E-state index in [2.05, 4.69) is 20.9 Å². The number of methoxy groups -OCH3 is 1. The number of hydrogen-bond acceptors (Lipinski definition) is 6. The van der Waals surface area contributed by atoms with Gasteiger partial charge in [-0.3, -0.25) is 9.36 Å². The number of nitrogens with zero attached hydrogens (tertiary/aromatic N) is 2. The number of benzene rings is 2. The van der Waals surface area contributed by atoms with Gasteiger partial charge in [0.05, 0.1) is 35.1 Å². The molecule has 0 N–H and O–H groups in total. The van der Waals surface area contributed by atoms with Crippen LogP contribution in [0.2, 0.25) is 0 Å². The highest BCUT2D eigenvalue weighted by Crippen LogP contribution is 2.31. The number of thiazole rings is 1. The lowest BCUT2D eigenvalue weighted by Crippen LogP contribution is -2.40. The smallest absolute Gasteiger partial charge is 0.338 e. The zero-order chi connectivity index (χ0) is 23.7. The lowest BCUT2D eigenvalue weighted by molar-refractivity contribution is -0.143. The molecule has 8 heteroatoms. The number of hydrogen-bond donors (Lipinski definition) is 0. The maximum absolute atomic E-state index is 13.6. The Hall–Kier alpha value is -2.97. The molecular formula is C25H23BrN2O4S. The van der Waals surface area contributed by atoms with Crippen LogP contribution in [0.4, 0.5) is 0 Å². The molecule has 0 aliphatic carbocycles. The van der Waals surface area contributed by atoms with Gasteiger partial charge in [-0.1, -0.05) is 51.5 Å². The zero-order valence-electron chi connectivity index (χ0n) is 18.7. The van der Waals surface area contributed by atoms with Gasteiger partial charge in [0, 0.05) is 4.47 Å². The first-order valence-corrected chi connectivity index (χ1v) is 12.0. The summed E-state index contributed by atoms with van der Waals surface area (Å²) in [6.45, 7) is 5.37. The van der Waals surface area contributed by atoms with Crippen LogP contribution in [0.3, 0.4) is 0 Å². The summed E-state index contributed by atoms with van der Waals surface area (Å²) in [5, 5.41) is 0. The number of halogens is 1. The highest BCUT2D eigenvalue weighted by atomic mass is 79.9. The number of esters is 1. The SMILES string of the molecule is COc1ccc(C2C(C(=O)OC(C)C)=C(C)N=c3s/c(=C/c4cccc(Br)c4)c(=O)n32)cc1. The van der Waals surface area contributed by atoms with E-state index in [0.717, 1.165) is 15.6 Å². The highest BCUT2D eigenvalue weighted by molar-refractivity contribution is 9.10. The van der Waals surface area contributed by atoms with Gasteiger partial charge in [-0.25, -0.2) is 9.79 Å². The molecule has 0 radical (unpaired) electrons. The predicted molar refractivity (Wildman–Crippen MR) is 132 cm³/mol. The molecule has 0 bridgehead atoms. The number of fused-ring (bicyclic) bond motifs is 1. The molecule has 0 saturated carbocycles. The van der Waals surface area contributed by atoms with Crippen LogP contribution in [-0.4, -0.2) is 23.8 Å². The number of ether oxygens (including phenoxy) is 2. The van der Waals surface area contributed by atoms with Crippen molar-refractivity contribution in [2.75, 3.05) is 7.11 Å². The number of aromatic nitrogens is 1. The van der Waals surface area contributed by atoms with Crippen molar-refractivity contribution in [3.63, 3.8) is 0 Å². The van der Waals surface area contributed by atoms with Crippen LogP contribution >= 0.6 is 27.3 Å². The summed E-state index contributed by atoms with van der Waals surface area (Å²) in [7, 11) is 1.59. The summed E-state index contributed by atoms with van der Waals surface area (Å²) in [6, 6.07) is 14.4. The minimum Gasteiger partial charge on any atom is -0.497 e. The highest BCUT2D eigenvalue weighted by Gasteiger charge is 2.33. The Labute approximate surface area is 203 Å². The molecule has 170 valence electrons. The first-order valence-electron chi connectivity index (χ1n) is 10.4. The van der Waals surface area contributed by atoms with E-state index in [1.165, 1.54) is 11.3 Å². The Morgan fingerprint density at radius 2 is 1.94 bits per heavy atom. The summed E-state index contributed by atoms with van der Waals surface area (Å²) in [6.07, 6.45) is 1.54. The molecule has 2 aromatic carbocycles. The molecule has 2 heterocycles. The van der Waals surface area contributed by atoms with E-state index in [9.17, 15) is 9.59 Å². The lowest BCUT2D eigenvalue weighted by Gasteiger charge is -2.25. The third-order valence-electron chi connectivity index (χ3n) is 5.16. The molecule has 1 aliphatic rings. The molecule has 1 unspecified atom stereocenters. The Morgan fingerprint density at radius 3 is 2.58 bits per heavy atom. The molecule has 0 amide bonds. The van der Waals surface area contributed by atoms with Crippen molar-refractivity contribution >= 4 is 39.3 Å². The Kier molecular flexibility index (Phi) is 6.67.